The third kappa shape index (κ3) is 3.47. The van der Waals surface area contributed by atoms with Crippen molar-refractivity contribution in [1.29, 1.82) is 0 Å². The van der Waals surface area contributed by atoms with Crippen LogP contribution in [0.4, 0.5) is 0 Å². The van der Waals surface area contributed by atoms with E-state index in [1.807, 2.05) is 37.3 Å². The van der Waals surface area contributed by atoms with Crippen molar-refractivity contribution in [3.05, 3.63) is 30.3 Å². The summed E-state index contributed by atoms with van der Waals surface area (Å²) in [5.74, 6) is 1.37. The first-order valence-corrected chi connectivity index (χ1v) is 6.67. The molecule has 1 N–H and O–H groups in total. The largest absolute Gasteiger partial charge is 0.487 e. The van der Waals surface area contributed by atoms with Crippen molar-refractivity contribution in [3.63, 3.8) is 0 Å². The van der Waals surface area contributed by atoms with E-state index in [4.69, 9.17) is 4.74 Å². The maximum atomic E-state index is 9.90. The molecule has 1 saturated carbocycles. The lowest BCUT2D eigenvalue weighted by Crippen LogP contribution is -2.37. The number of ether oxygens (including phenoxy) is 1. The Morgan fingerprint density at radius 1 is 1.12 bits per heavy atom. The summed E-state index contributed by atoms with van der Waals surface area (Å²) in [6, 6.07) is 9.83. The molecule has 1 unspecified atom stereocenters. The van der Waals surface area contributed by atoms with Crippen LogP contribution in [0.5, 0.6) is 5.75 Å². The van der Waals surface area contributed by atoms with E-state index in [1.54, 1.807) is 0 Å². The summed E-state index contributed by atoms with van der Waals surface area (Å²) < 4.78 is 5.97. The molecule has 1 aliphatic rings. The minimum atomic E-state index is -0.404. The third-order valence-corrected chi connectivity index (χ3v) is 3.61. The van der Waals surface area contributed by atoms with Gasteiger partial charge in [0.2, 0.25) is 0 Å². The van der Waals surface area contributed by atoms with Gasteiger partial charge < -0.3 is 9.84 Å². The Kier molecular flexibility index (Phi) is 4.43. The van der Waals surface area contributed by atoms with E-state index in [0.29, 0.717) is 5.92 Å². The highest BCUT2D eigenvalue weighted by Crippen LogP contribution is 2.30. The lowest BCUT2D eigenvalue weighted by molar-refractivity contribution is -0.000338. The Hall–Kier alpha value is -1.02. The molecule has 0 saturated heterocycles. The maximum Gasteiger partial charge on any atom is 0.127 e. The van der Waals surface area contributed by atoms with Crippen LogP contribution in [0.25, 0.3) is 0 Å². The van der Waals surface area contributed by atoms with Gasteiger partial charge >= 0.3 is 0 Å². The fourth-order valence-electron chi connectivity index (χ4n) is 2.71. The lowest BCUT2D eigenvalue weighted by Gasteiger charge is -2.32. The van der Waals surface area contributed by atoms with Crippen molar-refractivity contribution in [2.24, 2.45) is 5.92 Å². The summed E-state index contributed by atoms with van der Waals surface area (Å²) in [6.07, 6.45) is 5.77. The molecule has 1 aromatic carbocycles. The Morgan fingerprint density at radius 3 is 2.35 bits per heavy atom. The van der Waals surface area contributed by atoms with Crippen molar-refractivity contribution in [2.45, 2.75) is 51.2 Å². The van der Waals surface area contributed by atoms with Gasteiger partial charge in [-0.2, -0.15) is 0 Å². The van der Waals surface area contributed by atoms with Gasteiger partial charge in [-0.05, 0) is 37.8 Å². The standard InChI is InChI=1S/C15H22O2/c1-12(16)15(13-8-4-2-5-9-13)17-14-10-6-3-7-11-14/h3,6-7,10-13,15-16H,2,4-5,8-9H2,1H3/t12-,15?/m1/s1. The number of rotatable bonds is 4. The summed E-state index contributed by atoms with van der Waals surface area (Å²) >= 11 is 0. The Bertz CT molecular complexity index is 315. The molecule has 0 amide bonds. The number of aliphatic hydroxyl groups is 1. The SMILES string of the molecule is C[C@@H](O)C(Oc1ccccc1)C1CCCCC1. The van der Waals surface area contributed by atoms with Crippen molar-refractivity contribution >= 4 is 0 Å². The number of para-hydroxylation sites is 1. The fourth-order valence-corrected chi connectivity index (χ4v) is 2.71. The van der Waals surface area contributed by atoms with Crippen LogP contribution < -0.4 is 4.74 Å². The number of hydrogen-bond acceptors (Lipinski definition) is 2. The smallest absolute Gasteiger partial charge is 0.127 e. The van der Waals surface area contributed by atoms with Gasteiger partial charge in [-0.3, -0.25) is 0 Å². The average Bonchev–Trinajstić information content (AvgIpc) is 2.38. The zero-order chi connectivity index (χ0) is 12.1. The molecule has 2 atom stereocenters. The van der Waals surface area contributed by atoms with Crippen LogP contribution >= 0.6 is 0 Å². The first-order valence-electron chi connectivity index (χ1n) is 6.67. The van der Waals surface area contributed by atoms with Crippen molar-refractivity contribution in [2.75, 3.05) is 0 Å². The van der Waals surface area contributed by atoms with E-state index in [2.05, 4.69) is 0 Å². The summed E-state index contributed by atoms with van der Waals surface area (Å²) in [7, 11) is 0. The molecule has 0 spiro atoms. The average molecular weight is 234 g/mol. The van der Waals surface area contributed by atoms with E-state index in [1.165, 1.54) is 32.1 Å². The maximum absolute atomic E-state index is 9.90. The Balaban J connectivity index is 2.01. The molecular weight excluding hydrogens is 212 g/mol. The van der Waals surface area contributed by atoms with Crippen LogP contribution in [0, 0.1) is 5.92 Å². The summed E-state index contributed by atoms with van der Waals surface area (Å²) in [5.41, 5.74) is 0. The zero-order valence-electron chi connectivity index (χ0n) is 10.5. The van der Waals surface area contributed by atoms with Crippen LogP contribution in [0.3, 0.4) is 0 Å². The molecule has 0 heterocycles. The molecule has 17 heavy (non-hydrogen) atoms. The molecule has 0 bridgehead atoms. The lowest BCUT2D eigenvalue weighted by atomic mass is 9.83. The molecule has 94 valence electrons. The zero-order valence-corrected chi connectivity index (χ0v) is 10.5. The molecule has 2 rings (SSSR count). The highest BCUT2D eigenvalue weighted by atomic mass is 16.5. The van der Waals surface area contributed by atoms with Gasteiger partial charge in [-0.25, -0.2) is 0 Å². The van der Waals surface area contributed by atoms with E-state index in [0.717, 1.165) is 5.75 Å². The molecule has 0 aromatic heterocycles. The third-order valence-electron chi connectivity index (χ3n) is 3.61. The summed E-state index contributed by atoms with van der Waals surface area (Å²) in [4.78, 5) is 0. The van der Waals surface area contributed by atoms with Crippen molar-refractivity contribution in [1.82, 2.24) is 0 Å². The van der Waals surface area contributed by atoms with E-state index in [-0.39, 0.29) is 6.10 Å². The molecule has 1 aliphatic carbocycles. The normalized spacial score (nSPS) is 20.8. The first-order chi connectivity index (χ1) is 8.27. The van der Waals surface area contributed by atoms with Gasteiger partial charge in [-0.1, -0.05) is 37.5 Å². The van der Waals surface area contributed by atoms with Crippen LogP contribution in [0.2, 0.25) is 0 Å². The number of benzene rings is 1. The van der Waals surface area contributed by atoms with Gasteiger partial charge in [0.05, 0.1) is 6.10 Å². The minimum Gasteiger partial charge on any atom is -0.487 e. The van der Waals surface area contributed by atoms with Gasteiger partial charge in [-0.15, -0.1) is 0 Å². The monoisotopic (exact) mass is 234 g/mol. The van der Waals surface area contributed by atoms with E-state index >= 15 is 0 Å². The topological polar surface area (TPSA) is 29.5 Å². The minimum absolute atomic E-state index is 0.0577. The van der Waals surface area contributed by atoms with Gasteiger partial charge in [0.15, 0.2) is 0 Å². The number of aliphatic hydroxyl groups excluding tert-OH is 1. The first kappa shape index (κ1) is 12.4. The second-order valence-electron chi connectivity index (χ2n) is 5.03. The molecular formula is C15H22O2. The van der Waals surface area contributed by atoms with Gasteiger partial charge in [0, 0.05) is 0 Å². The second-order valence-corrected chi connectivity index (χ2v) is 5.03. The van der Waals surface area contributed by atoms with Crippen molar-refractivity contribution in [3.8, 4) is 5.75 Å². The van der Waals surface area contributed by atoms with Gasteiger partial charge in [0.25, 0.3) is 0 Å². The molecule has 0 aliphatic heterocycles. The fraction of sp³-hybridized carbons (Fsp3) is 0.600. The Morgan fingerprint density at radius 2 is 1.76 bits per heavy atom. The predicted octanol–water partition coefficient (Wildman–Crippen LogP) is 3.40. The highest BCUT2D eigenvalue weighted by molar-refractivity contribution is 5.21. The van der Waals surface area contributed by atoms with E-state index in [9.17, 15) is 5.11 Å². The quantitative estimate of drug-likeness (QED) is 0.865. The van der Waals surface area contributed by atoms with Gasteiger partial charge in [0.1, 0.15) is 11.9 Å². The number of hydrogen-bond donors (Lipinski definition) is 1. The second kappa shape index (κ2) is 6.06. The summed E-state index contributed by atoms with van der Waals surface area (Å²) in [5, 5.41) is 9.90. The van der Waals surface area contributed by atoms with Crippen molar-refractivity contribution < 1.29 is 9.84 Å². The van der Waals surface area contributed by atoms with Crippen LogP contribution in [-0.2, 0) is 0 Å². The van der Waals surface area contributed by atoms with Crippen LogP contribution in [0.15, 0.2) is 30.3 Å². The molecule has 2 nitrogen and oxygen atoms in total. The summed E-state index contributed by atoms with van der Waals surface area (Å²) in [6.45, 7) is 1.84. The molecule has 1 aromatic rings. The molecule has 2 heteroatoms. The highest BCUT2D eigenvalue weighted by Gasteiger charge is 2.28. The predicted molar refractivity (Wildman–Crippen MR) is 69.1 cm³/mol. The van der Waals surface area contributed by atoms with E-state index < -0.39 is 6.10 Å². The molecule has 0 radical (unpaired) electrons. The van der Waals surface area contributed by atoms with Crippen LogP contribution in [-0.4, -0.2) is 17.3 Å². The molecule has 1 fully saturated rings. The Labute approximate surface area is 104 Å². The van der Waals surface area contributed by atoms with Crippen LogP contribution in [0.1, 0.15) is 39.0 Å².